The quantitative estimate of drug-likeness (QED) is 0.729. The molecule has 5 nitrogen and oxygen atoms in total. The zero-order valence-corrected chi connectivity index (χ0v) is 15.0. The zero-order valence-electron chi connectivity index (χ0n) is 15.0. The minimum atomic E-state index is -0.273. The molecule has 0 saturated carbocycles. The van der Waals surface area contributed by atoms with E-state index in [9.17, 15) is 10.1 Å². The fourth-order valence-electron chi connectivity index (χ4n) is 2.84. The van der Waals surface area contributed by atoms with E-state index in [0.29, 0.717) is 33.9 Å². The van der Waals surface area contributed by atoms with Crippen molar-refractivity contribution in [1.82, 2.24) is 0 Å². The lowest BCUT2D eigenvalue weighted by Crippen LogP contribution is -2.13. The number of nitrogens with one attached hydrogen (secondary N) is 1. The Morgan fingerprint density at radius 2 is 1.56 bits per heavy atom. The lowest BCUT2D eigenvalue weighted by atomic mass is 9.95. The first kappa shape index (κ1) is 18.0. The molecule has 0 unspecified atom stereocenters. The number of hydrogen-bond donors (Lipinski definition) is 1. The van der Waals surface area contributed by atoms with Crippen LogP contribution in [-0.2, 0) is 0 Å². The van der Waals surface area contributed by atoms with Gasteiger partial charge in [0.05, 0.1) is 25.9 Å². The molecule has 0 spiro atoms. The maximum Gasteiger partial charge on any atom is 0.256 e. The van der Waals surface area contributed by atoms with E-state index < -0.39 is 0 Å². The van der Waals surface area contributed by atoms with E-state index in [1.807, 2.05) is 24.3 Å². The third-order valence-electron chi connectivity index (χ3n) is 4.15. The predicted molar refractivity (Wildman–Crippen MR) is 104 cm³/mol. The average molecular weight is 358 g/mol. The standard InChI is InChI=1S/C22H18N2O3/c1-26-20-12-11-16(13-21(20)27-2)24-22(25)19-10-6-5-9-18(19)17-8-4-3-7-15(17)14-23/h3-13H,1-2H3,(H,24,25). The highest BCUT2D eigenvalue weighted by atomic mass is 16.5. The van der Waals surface area contributed by atoms with Crippen molar-refractivity contribution in [3.8, 4) is 28.7 Å². The Morgan fingerprint density at radius 1 is 0.889 bits per heavy atom. The first-order valence-electron chi connectivity index (χ1n) is 8.30. The van der Waals surface area contributed by atoms with E-state index in [4.69, 9.17) is 9.47 Å². The molecule has 0 fully saturated rings. The molecule has 134 valence electrons. The summed E-state index contributed by atoms with van der Waals surface area (Å²) in [5.74, 6) is 0.836. The lowest BCUT2D eigenvalue weighted by molar-refractivity contribution is 0.102. The van der Waals surface area contributed by atoms with E-state index in [1.165, 1.54) is 7.11 Å². The van der Waals surface area contributed by atoms with Gasteiger partial charge in [-0.25, -0.2) is 0 Å². The molecule has 0 atom stereocenters. The number of anilines is 1. The molecule has 0 radical (unpaired) electrons. The Labute approximate surface area is 157 Å². The number of benzene rings is 3. The van der Waals surface area contributed by atoms with Crippen molar-refractivity contribution in [2.24, 2.45) is 0 Å². The number of amides is 1. The van der Waals surface area contributed by atoms with Gasteiger partial charge >= 0.3 is 0 Å². The van der Waals surface area contributed by atoms with Crippen molar-refractivity contribution in [3.63, 3.8) is 0 Å². The van der Waals surface area contributed by atoms with Gasteiger partial charge in [0.25, 0.3) is 5.91 Å². The van der Waals surface area contributed by atoms with Crippen molar-refractivity contribution in [2.75, 3.05) is 19.5 Å². The topological polar surface area (TPSA) is 71.3 Å². The Bertz CT molecular complexity index is 1020. The lowest BCUT2D eigenvalue weighted by Gasteiger charge is -2.13. The number of rotatable bonds is 5. The number of carbonyl (C=O) groups excluding carboxylic acids is 1. The largest absolute Gasteiger partial charge is 0.493 e. The second-order valence-electron chi connectivity index (χ2n) is 5.73. The van der Waals surface area contributed by atoms with Gasteiger partial charge < -0.3 is 14.8 Å². The number of carbonyl (C=O) groups is 1. The molecule has 0 bridgehead atoms. The number of methoxy groups -OCH3 is 2. The van der Waals surface area contributed by atoms with Gasteiger partial charge in [-0.05, 0) is 29.8 Å². The van der Waals surface area contributed by atoms with Gasteiger partial charge in [0.1, 0.15) is 0 Å². The SMILES string of the molecule is COc1ccc(NC(=O)c2ccccc2-c2ccccc2C#N)cc1OC. The Kier molecular flexibility index (Phi) is 5.38. The highest BCUT2D eigenvalue weighted by Gasteiger charge is 2.15. The van der Waals surface area contributed by atoms with E-state index >= 15 is 0 Å². The third-order valence-corrected chi connectivity index (χ3v) is 4.15. The van der Waals surface area contributed by atoms with Crippen LogP contribution in [0.4, 0.5) is 5.69 Å². The van der Waals surface area contributed by atoms with Gasteiger partial charge in [-0.15, -0.1) is 0 Å². The predicted octanol–water partition coefficient (Wildman–Crippen LogP) is 4.49. The number of ether oxygens (including phenoxy) is 2. The molecule has 0 aromatic heterocycles. The first-order chi connectivity index (χ1) is 13.2. The monoisotopic (exact) mass is 358 g/mol. The van der Waals surface area contributed by atoms with Crippen molar-refractivity contribution in [1.29, 1.82) is 5.26 Å². The van der Waals surface area contributed by atoms with Crippen LogP contribution in [0.2, 0.25) is 0 Å². The van der Waals surface area contributed by atoms with Crippen LogP contribution < -0.4 is 14.8 Å². The van der Waals surface area contributed by atoms with Crippen LogP contribution in [0.25, 0.3) is 11.1 Å². The highest BCUT2D eigenvalue weighted by Crippen LogP contribution is 2.31. The number of nitriles is 1. The van der Waals surface area contributed by atoms with Gasteiger partial charge in [-0.1, -0.05) is 36.4 Å². The van der Waals surface area contributed by atoms with Gasteiger partial charge in [-0.3, -0.25) is 4.79 Å². The van der Waals surface area contributed by atoms with Crippen LogP contribution in [0.3, 0.4) is 0 Å². The Morgan fingerprint density at radius 3 is 2.26 bits per heavy atom. The van der Waals surface area contributed by atoms with E-state index in [-0.39, 0.29) is 5.91 Å². The molecule has 27 heavy (non-hydrogen) atoms. The van der Waals surface area contributed by atoms with Crippen molar-refractivity contribution >= 4 is 11.6 Å². The molecule has 3 aromatic rings. The second-order valence-corrected chi connectivity index (χ2v) is 5.73. The minimum Gasteiger partial charge on any atom is -0.493 e. The van der Waals surface area contributed by atoms with Gasteiger partial charge in [-0.2, -0.15) is 5.26 Å². The summed E-state index contributed by atoms with van der Waals surface area (Å²) in [6, 6.07) is 21.8. The Balaban J connectivity index is 1.96. The smallest absolute Gasteiger partial charge is 0.256 e. The summed E-state index contributed by atoms with van der Waals surface area (Å²) in [7, 11) is 3.09. The van der Waals surface area contributed by atoms with E-state index in [2.05, 4.69) is 11.4 Å². The molecule has 0 heterocycles. The molecular formula is C22H18N2O3. The summed E-state index contributed by atoms with van der Waals surface area (Å²) in [4.78, 5) is 12.9. The summed E-state index contributed by atoms with van der Waals surface area (Å²) in [5.41, 5.74) is 3.01. The van der Waals surface area contributed by atoms with Crippen LogP contribution in [0.15, 0.2) is 66.7 Å². The van der Waals surface area contributed by atoms with E-state index in [0.717, 1.165) is 5.56 Å². The molecule has 5 heteroatoms. The molecule has 3 aromatic carbocycles. The number of nitrogens with zero attached hydrogens (tertiary/aromatic N) is 1. The average Bonchev–Trinajstić information content (AvgIpc) is 2.73. The summed E-state index contributed by atoms with van der Waals surface area (Å²) in [5, 5.41) is 12.2. The maximum atomic E-state index is 12.9. The van der Waals surface area contributed by atoms with Crippen molar-refractivity contribution < 1.29 is 14.3 Å². The van der Waals surface area contributed by atoms with Crippen LogP contribution in [0.1, 0.15) is 15.9 Å². The van der Waals surface area contributed by atoms with E-state index in [1.54, 1.807) is 49.6 Å². The summed E-state index contributed by atoms with van der Waals surface area (Å²) in [6.07, 6.45) is 0. The minimum absolute atomic E-state index is 0.273. The van der Waals surface area contributed by atoms with Crippen LogP contribution in [0.5, 0.6) is 11.5 Å². The van der Waals surface area contributed by atoms with Crippen LogP contribution in [0, 0.1) is 11.3 Å². The first-order valence-corrected chi connectivity index (χ1v) is 8.30. The summed E-state index contributed by atoms with van der Waals surface area (Å²) >= 11 is 0. The van der Waals surface area contributed by atoms with Crippen molar-refractivity contribution in [3.05, 3.63) is 77.9 Å². The maximum absolute atomic E-state index is 12.9. The summed E-state index contributed by atoms with van der Waals surface area (Å²) in [6.45, 7) is 0. The molecule has 1 amide bonds. The third kappa shape index (κ3) is 3.75. The normalized spacial score (nSPS) is 9.96. The van der Waals surface area contributed by atoms with Gasteiger partial charge in [0.15, 0.2) is 11.5 Å². The van der Waals surface area contributed by atoms with Crippen molar-refractivity contribution in [2.45, 2.75) is 0 Å². The molecule has 0 aliphatic heterocycles. The van der Waals surface area contributed by atoms with Crippen LogP contribution >= 0.6 is 0 Å². The second kappa shape index (κ2) is 8.07. The number of hydrogen-bond acceptors (Lipinski definition) is 4. The Hall–Kier alpha value is -3.78. The molecule has 1 N–H and O–H groups in total. The molecule has 0 aliphatic carbocycles. The molecular weight excluding hydrogens is 340 g/mol. The van der Waals surface area contributed by atoms with Gasteiger partial charge in [0.2, 0.25) is 0 Å². The summed E-state index contributed by atoms with van der Waals surface area (Å²) < 4.78 is 10.5. The molecule has 3 rings (SSSR count). The fourth-order valence-corrected chi connectivity index (χ4v) is 2.84. The zero-order chi connectivity index (χ0) is 19.2. The van der Waals surface area contributed by atoms with Crippen LogP contribution in [-0.4, -0.2) is 20.1 Å². The molecule has 0 saturated heterocycles. The van der Waals surface area contributed by atoms with Gasteiger partial charge in [0, 0.05) is 22.9 Å². The fraction of sp³-hybridized carbons (Fsp3) is 0.0909. The molecule has 0 aliphatic rings. The highest BCUT2D eigenvalue weighted by molar-refractivity contribution is 6.09.